The van der Waals surface area contributed by atoms with Gasteiger partial charge in [0.15, 0.2) is 9.84 Å². The predicted octanol–water partition coefficient (Wildman–Crippen LogP) is 2.18. The Hall–Kier alpha value is -2.08. The molecule has 23 heavy (non-hydrogen) atoms. The molecular formula is C17H22N2O3S. The Morgan fingerprint density at radius 1 is 1.22 bits per heavy atom. The number of nitrogens with zero attached hydrogens (tertiary/aromatic N) is 1. The van der Waals surface area contributed by atoms with Gasteiger partial charge < -0.3 is 9.88 Å². The van der Waals surface area contributed by atoms with Gasteiger partial charge in [0.05, 0.1) is 4.90 Å². The molecule has 1 aromatic heterocycles. The third-order valence-corrected chi connectivity index (χ3v) is 4.94. The average molecular weight is 334 g/mol. The summed E-state index contributed by atoms with van der Waals surface area (Å²) in [5.74, 6) is -0.190. The lowest BCUT2D eigenvalue weighted by Crippen LogP contribution is -2.33. The van der Waals surface area contributed by atoms with Gasteiger partial charge in [-0.2, -0.15) is 0 Å². The van der Waals surface area contributed by atoms with Gasteiger partial charge in [-0.3, -0.25) is 4.79 Å². The molecule has 0 radical (unpaired) electrons. The van der Waals surface area contributed by atoms with Crippen molar-refractivity contribution in [2.45, 2.75) is 30.7 Å². The number of benzene rings is 1. The van der Waals surface area contributed by atoms with Crippen LogP contribution in [0, 0.1) is 0 Å². The molecule has 0 aliphatic heterocycles. The van der Waals surface area contributed by atoms with Crippen LogP contribution in [0.4, 0.5) is 0 Å². The van der Waals surface area contributed by atoms with E-state index in [1.54, 1.807) is 0 Å². The smallest absolute Gasteiger partial charge is 0.251 e. The minimum atomic E-state index is -3.24. The van der Waals surface area contributed by atoms with Crippen LogP contribution in [0.3, 0.4) is 0 Å². The van der Waals surface area contributed by atoms with E-state index in [0.717, 1.165) is 19.1 Å². The van der Waals surface area contributed by atoms with Crippen LogP contribution in [0.25, 0.3) is 0 Å². The fourth-order valence-corrected chi connectivity index (χ4v) is 2.98. The van der Waals surface area contributed by atoms with Crippen molar-refractivity contribution < 1.29 is 13.2 Å². The van der Waals surface area contributed by atoms with Crippen molar-refractivity contribution in [3.63, 3.8) is 0 Å². The van der Waals surface area contributed by atoms with E-state index < -0.39 is 9.84 Å². The van der Waals surface area contributed by atoms with Gasteiger partial charge in [0.2, 0.25) is 0 Å². The number of carbonyl (C=O) groups excluding carboxylic acids is 1. The summed E-state index contributed by atoms with van der Waals surface area (Å²) >= 11 is 0. The van der Waals surface area contributed by atoms with Gasteiger partial charge in [-0.15, -0.1) is 0 Å². The minimum Gasteiger partial charge on any atom is -0.354 e. The second kappa shape index (κ2) is 7.00. The van der Waals surface area contributed by atoms with E-state index in [4.69, 9.17) is 0 Å². The summed E-state index contributed by atoms with van der Waals surface area (Å²) in [7, 11) is -1.24. The van der Waals surface area contributed by atoms with Crippen molar-refractivity contribution in [3.05, 3.63) is 53.9 Å². The van der Waals surface area contributed by atoms with E-state index in [0.29, 0.717) is 5.56 Å². The molecule has 1 N–H and O–H groups in total. The summed E-state index contributed by atoms with van der Waals surface area (Å²) in [5.41, 5.74) is 1.69. The second-order valence-electron chi connectivity index (χ2n) is 5.82. The van der Waals surface area contributed by atoms with E-state index in [9.17, 15) is 13.2 Å². The minimum absolute atomic E-state index is 0.0342. The first-order valence-corrected chi connectivity index (χ1v) is 9.37. The topological polar surface area (TPSA) is 68.2 Å². The highest BCUT2D eigenvalue weighted by atomic mass is 32.2. The summed E-state index contributed by atoms with van der Waals surface area (Å²) in [6, 6.07) is 10.1. The zero-order valence-corrected chi connectivity index (χ0v) is 14.4. The largest absolute Gasteiger partial charge is 0.354 e. The van der Waals surface area contributed by atoms with Gasteiger partial charge in [-0.1, -0.05) is 0 Å². The highest BCUT2D eigenvalue weighted by molar-refractivity contribution is 7.90. The highest BCUT2D eigenvalue weighted by Gasteiger charge is 2.12. The van der Waals surface area contributed by atoms with Crippen LogP contribution in [-0.2, 0) is 23.3 Å². The molecule has 1 heterocycles. The summed E-state index contributed by atoms with van der Waals surface area (Å²) < 4.78 is 24.9. The molecule has 5 nitrogen and oxygen atoms in total. The molecule has 1 atom stereocenters. The number of amides is 1. The quantitative estimate of drug-likeness (QED) is 0.880. The standard InChI is InChI=1S/C17H22N2O3S/c1-13(6-9-15-5-4-12-19(15)2)18-17(20)14-7-10-16(11-8-14)23(3,21)22/h4-5,7-8,10-13H,6,9H2,1-3H3,(H,18,20)/t13-/m0/s1. The molecule has 0 saturated heterocycles. The van der Waals surface area contributed by atoms with Crippen LogP contribution in [-0.4, -0.2) is 31.2 Å². The molecule has 1 amide bonds. The number of aromatic nitrogens is 1. The lowest BCUT2D eigenvalue weighted by molar-refractivity contribution is 0.0938. The van der Waals surface area contributed by atoms with Crippen molar-refractivity contribution in [1.29, 1.82) is 0 Å². The molecule has 0 fully saturated rings. The monoisotopic (exact) mass is 334 g/mol. The molecule has 0 bridgehead atoms. The van der Waals surface area contributed by atoms with Crippen molar-refractivity contribution >= 4 is 15.7 Å². The zero-order chi connectivity index (χ0) is 17.0. The Balaban J connectivity index is 1.92. The maximum Gasteiger partial charge on any atom is 0.251 e. The summed E-state index contributed by atoms with van der Waals surface area (Å²) in [6.45, 7) is 1.96. The average Bonchev–Trinajstić information content (AvgIpc) is 2.89. The van der Waals surface area contributed by atoms with E-state index in [1.165, 1.54) is 30.0 Å². The molecule has 2 rings (SSSR count). The zero-order valence-electron chi connectivity index (χ0n) is 13.6. The Bertz CT molecular complexity index is 776. The normalized spacial score (nSPS) is 12.8. The molecule has 1 aromatic carbocycles. The number of hydrogen-bond donors (Lipinski definition) is 1. The molecule has 2 aromatic rings. The fourth-order valence-electron chi connectivity index (χ4n) is 2.35. The number of sulfone groups is 1. The molecule has 6 heteroatoms. The van der Waals surface area contributed by atoms with Gasteiger partial charge >= 0.3 is 0 Å². The van der Waals surface area contributed by atoms with Crippen LogP contribution in [0.1, 0.15) is 29.4 Å². The van der Waals surface area contributed by atoms with Crippen LogP contribution in [0.2, 0.25) is 0 Å². The van der Waals surface area contributed by atoms with Gasteiger partial charge in [-0.25, -0.2) is 8.42 Å². The Morgan fingerprint density at radius 3 is 2.39 bits per heavy atom. The summed E-state index contributed by atoms with van der Waals surface area (Å²) in [6.07, 6.45) is 4.87. The van der Waals surface area contributed by atoms with Crippen LogP contribution in [0.5, 0.6) is 0 Å². The first-order valence-electron chi connectivity index (χ1n) is 7.48. The van der Waals surface area contributed by atoms with Gasteiger partial charge in [0.25, 0.3) is 5.91 Å². The van der Waals surface area contributed by atoms with Crippen LogP contribution in [0.15, 0.2) is 47.5 Å². The number of nitrogens with one attached hydrogen (secondary N) is 1. The maximum atomic E-state index is 12.2. The molecule has 0 saturated carbocycles. The third kappa shape index (κ3) is 4.69. The molecule has 0 unspecified atom stereocenters. The highest BCUT2D eigenvalue weighted by Crippen LogP contribution is 2.11. The van der Waals surface area contributed by atoms with E-state index in [2.05, 4.69) is 16.0 Å². The lowest BCUT2D eigenvalue weighted by Gasteiger charge is -2.14. The van der Waals surface area contributed by atoms with Crippen molar-refractivity contribution in [1.82, 2.24) is 9.88 Å². The second-order valence-corrected chi connectivity index (χ2v) is 7.84. The Labute approximate surface area is 137 Å². The van der Waals surface area contributed by atoms with Crippen molar-refractivity contribution in [2.75, 3.05) is 6.26 Å². The fraction of sp³-hybridized carbons (Fsp3) is 0.353. The van der Waals surface area contributed by atoms with Crippen LogP contribution >= 0.6 is 0 Å². The number of rotatable bonds is 6. The van der Waals surface area contributed by atoms with Gasteiger partial charge in [0.1, 0.15) is 0 Å². The van der Waals surface area contributed by atoms with Gasteiger partial charge in [0, 0.05) is 36.8 Å². The lowest BCUT2D eigenvalue weighted by atomic mass is 10.1. The Morgan fingerprint density at radius 2 is 1.87 bits per heavy atom. The number of carbonyl (C=O) groups is 1. The van der Waals surface area contributed by atoms with Crippen molar-refractivity contribution in [3.8, 4) is 0 Å². The van der Waals surface area contributed by atoms with Gasteiger partial charge in [-0.05, 0) is 56.2 Å². The molecule has 0 aliphatic rings. The first-order chi connectivity index (χ1) is 10.8. The first kappa shape index (κ1) is 17.3. The predicted molar refractivity (Wildman–Crippen MR) is 90.2 cm³/mol. The SMILES string of the molecule is C[C@@H](CCc1cccn1C)NC(=O)c1ccc(S(C)(=O)=O)cc1. The number of hydrogen-bond acceptors (Lipinski definition) is 3. The van der Waals surface area contributed by atoms with Crippen LogP contribution < -0.4 is 5.32 Å². The Kier molecular flexibility index (Phi) is 5.26. The number of aryl methyl sites for hydroxylation is 2. The van der Waals surface area contributed by atoms with Crippen molar-refractivity contribution in [2.24, 2.45) is 7.05 Å². The summed E-state index contributed by atoms with van der Waals surface area (Å²) in [5, 5.41) is 2.94. The third-order valence-electron chi connectivity index (χ3n) is 3.81. The maximum absolute atomic E-state index is 12.2. The molecule has 0 aliphatic carbocycles. The van der Waals surface area contributed by atoms with E-state index >= 15 is 0 Å². The van der Waals surface area contributed by atoms with E-state index in [1.807, 2.05) is 26.2 Å². The summed E-state index contributed by atoms with van der Waals surface area (Å²) in [4.78, 5) is 12.4. The molecular weight excluding hydrogens is 312 g/mol. The molecule has 124 valence electrons. The van der Waals surface area contributed by atoms with E-state index in [-0.39, 0.29) is 16.8 Å². The molecule has 0 spiro atoms.